The van der Waals surface area contributed by atoms with Crippen LogP contribution in [0.15, 0.2) is 52.2 Å². The van der Waals surface area contributed by atoms with E-state index in [1.54, 1.807) is 24.3 Å². The molecule has 0 saturated carbocycles. The average Bonchev–Trinajstić information content (AvgIpc) is 3.46. The number of nitrogens with one attached hydrogen (secondary N) is 1. The summed E-state index contributed by atoms with van der Waals surface area (Å²) in [6.07, 6.45) is 1.89. The Morgan fingerprint density at radius 1 is 1.33 bits per heavy atom. The molecule has 0 radical (unpaired) electrons. The van der Waals surface area contributed by atoms with E-state index in [4.69, 9.17) is 9.15 Å². The fourth-order valence-corrected chi connectivity index (χ4v) is 3.42. The maximum Gasteiger partial charge on any atom is 0.318 e. The fraction of sp³-hybridized carbons (Fsp3) is 0.409. The molecular formula is C22H27N5O6. The summed E-state index contributed by atoms with van der Waals surface area (Å²) in [6.45, 7) is 3.98. The molecule has 176 valence electrons. The number of urea groups is 1. The summed E-state index contributed by atoms with van der Waals surface area (Å²) in [4.78, 5) is 37.7. The predicted molar refractivity (Wildman–Crippen MR) is 120 cm³/mol. The lowest BCUT2D eigenvalue weighted by Crippen LogP contribution is -2.48. The smallest absolute Gasteiger partial charge is 0.318 e. The van der Waals surface area contributed by atoms with Gasteiger partial charge >= 0.3 is 6.03 Å². The van der Waals surface area contributed by atoms with Gasteiger partial charge in [0.25, 0.3) is 11.6 Å². The largest absolute Gasteiger partial charge is 0.467 e. The number of carbonyl (C=O) groups excluding carboxylic acids is 2. The Morgan fingerprint density at radius 2 is 2.06 bits per heavy atom. The number of carbonyl (C=O) groups is 2. The maximum absolute atomic E-state index is 13.3. The number of hydrogen-bond acceptors (Lipinski definition) is 7. The molecule has 1 atom stereocenters. The molecule has 0 spiro atoms. The number of nitro groups is 1. The van der Waals surface area contributed by atoms with Gasteiger partial charge in [-0.05, 0) is 43.7 Å². The third-order valence-electron chi connectivity index (χ3n) is 5.04. The lowest BCUT2D eigenvalue weighted by Gasteiger charge is -2.26. The zero-order chi connectivity index (χ0) is 24.0. The van der Waals surface area contributed by atoms with Crippen LogP contribution in [-0.2, 0) is 9.53 Å². The van der Waals surface area contributed by atoms with E-state index in [0.717, 1.165) is 0 Å². The standard InChI is InChI=1S/C22H27N5O6/c1-15(2)23-22(29)25(10-12-32-3)14-21(28)26-19(20-5-4-11-33-20)13-18(24-26)16-6-8-17(9-7-16)27(30)31/h4-9,11,15,19H,10,12-14H2,1-3H3,(H,23,29). The summed E-state index contributed by atoms with van der Waals surface area (Å²) in [7, 11) is 1.52. The van der Waals surface area contributed by atoms with Gasteiger partial charge in [0.05, 0.1) is 23.5 Å². The first-order valence-electron chi connectivity index (χ1n) is 10.5. The van der Waals surface area contributed by atoms with Crippen molar-refractivity contribution in [2.24, 2.45) is 5.10 Å². The van der Waals surface area contributed by atoms with Crippen molar-refractivity contribution in [1.82, 2.24) is 15.2 Å². The molecule has 1 aromatic heterocycles. The van der Waals surface area contributed by atoms with Crippen molar-refractivity contribution in [3.05, 3.63) is 64.1 Å². The summed E-state index contributed by atoms with van der Waals surface area (Å²) < 4.78 is 10.6. The van der Waals surface area contributed by atoms with E-state index in [1.807, 2.05) is 13.8 Å². The van der Waals surface area contributed by atoms with Crippen molar-refractivity contribution in [2.75, 3.05) is 26.8 Å². The van der Waals surface area contributed by atoms with Crippen LogP contribution in [0.3, 0.4) is 0 Å². The van der Waals surface area contributed by atoms with Crippen molar-refractivity contribution in [3.8, 4) is 0 Å². The van der Waals surface area contributed by atoms with Crippen molar-refractivity contribution in [2.45, 2.75) is 32.4 Å². The molecule has 1 aliphatic rings. The van der Waals surface area contributed by atoms with Crippen LogP contribution >= 0.6 is 0 Å². The molecule has 1 aliphatic heterocycles. The number of rotatable bonds is 9. The minimum Gasteiger partial charge on any atom is -0.467 e. The zero-order valence-corrected chi connectivity index (χ0v) is 18.8. The van der Waals surface area contributed by atoms with Gasteiger partial charge < -0.3 is 19.4 Å². The van der Waals surface area contributed by atoms with Crippen molar-refractivity contribution in [3.63, 3.8) is 0 Å². The van der Waals surface area contributed by atoms with E-state index in [0.29, 0.717) is 23.5 Å². The monoisotopic (exact) mass is 457 g/mol. The van der Waals surface area contributed by atoms with Crippen molar-refractivity contribution in [1.29, 1.82) is 0 Å². The summed E-state index contributed by atoms with van der Waals surface area (Å²) in [5.41, 5.74) is 1.23. The van der Waals surface area contributed by atoms with Crippen LogP contribution in [0.4, 0.5) is 10.5 Å². The third-order valence-corrected chi connectivity index (χ3v) is 5.04. The van der Waals surface area contributed by atoms with Gasteiger partial charge in [-0.25, -0.2) is 9.80 Å². The zero-order valence-electron chi connectivity index (χ0n) is 18.8. The number of hydrazone groups is 1. The molecule has 33 heavy (non-hydrogen) atoms. The second kappa shape index (κ2) is 10.7. The normalized spacial score (nSPS) is 15.5. The van der Waals surface area contributed by atoms with E-state index in [-0.39, 0.29) is 43.4 Å². The number of nitro benzene ring substituents is 1. The molecule has 1 aromatic carbocycles. The lowest BCUT2D eigenvalue weighted by atomic mass is 10.0. The van der Waals surface area contributed by atoms with Gasteiger partial charge in [0, 0.05) is 38.2 Å². The highest BCUT2D eigenvalue weighted by molar-refractivity contribution is 6.03. The van der Waals surface area contributed by atoms with Gasteiger partial charge in [-0.1, -0.05) is 0 Å². The molecule has 3 rings (SSSR count). The topological polar surface area (TPSA) is 131 Å². The van der Waals surface area contributed by atoms with E-state index in [9.17, 15) is 19.7 Å². The maximum atomic E-state index is 13.3. The first-order valence-corrected chi connectivity index (χ1v) is 10.5. The van der Waals surface area contributed by atoms with Gasteiger partial charge in [0.15, 0.2) is 0 Å². The SMILES string of the molecule is COCCN(CC(=O)N1N=C(c2ccc([N+](=O)[O-])cc2)CC1c1ccco1)C(=O)NC(C)C. The number of non-ortho nitro benzene ring substituents is 1. The number of benzene rings is 1. The van der Waals surface area contributed by atoms with E-state index >= 15 is 0 Å². The van der Waals surface area contributed by atoms with Gasteiger partial charge in [-0.15, -0.1) is 0 Å². The van der Waals surface area contributed by atoms with Crippen LogP contribution < -0.4 is 5.32 Å². The quantitative estimate of drug-likeness (QED) is 0.455. The van der Waals surface area contributed by atoms with Gasteiger partial charge in [-0.3, -0.25) is 14.9 Å². The Hall–Kier alpha value is -3.73. The molecule has 2 heterocycles. The number of hydrogen-bond donors (Lipinski definition) is 1. The molecule has 3 amide bonds. The third kappa shape index (κ3) is 5.95. The molecule has 0 saturated heterocycles. The highest BCUT2D eigenvalue weighted by Gasteiger charge is 2.36. The Morgan fingerprint density at radius 3 is 2.64 bits per heavy atom. The van der Waals surface area contributed by atoms with Gasteiger partial charge in [0.1, 0.15) is 18.3 Å². The Balaban J connectivity index is 1.84. The summed E-state index contributed by atoms with van der Waals surface area (Å²) in [5.74, 6) is 0.169. The Bertz CT molecular complexity index is 1000. The Labute approximate surface area is 191 Å². The van der Waals surface area contributed by atoms with Gasteiger partial charge in [0.2, 0.25) is 0 Å². The number of nitrogens with zero attached hydrogens (tertiary/aromatic N) is 4. The molecule has 0 aliphatic carbocycles. The summed E-state index contributed by atoms with van der Waals surface area (Å²) >= 11 is 0. The second-order valence-corrected chi connectivity index (χ2v) is 7.84. The highest BCUT2D eigenvalue weighted by atomic mass is 16.6. The molecule has 2 aromatic rings. The average molecular weight is 457 g/mol. The van der Waals surface area contributed by atoms with Crippen LogP contribution in [-0.4, -0.2) is 65.3 Å². The minimum atomic E-state index is -0.491. The van der Waals surface area contributed by atoms with Crippen LogP contribution in [0.2, 0.25) is 0 Å². The minimum absolute atomic E-state index is 0.0298. The number of ether oxygens (including phenoxy) is 1. The molecule has 1 N–H and O–H groups in total. The first-order chi connectivity index (χ1) is 15.8. The molecule has 1 unspecified atom stereocenters. The first kappa shape index (κ1) is 23.9. The fourth-order valence-electron chi connectivity index (χ4n) is 3.42. The molecule has 11 nitrogen and oxygen atoms in total. The van der Waals surface area contributed by atoms with Crippen LogP contribution in [0.1, 0.15) is 37.6 Å². The Kier molecular flexibility index (Phi) is 7.78. The second-order valence-electron chi connectivity index (χ2n) is 7.84. The molecule has 0 fully saturated rings. The van der Waals surface area contributed by atoms with Gasteiger partial charge in [-0.2, -0.15) is 5.10 Å². The summed E-state index contributed by atoms with van der Waals surface area (Å²) in [6, 6.07) is 8.53. The van der Waals surface area contributed by atoms with E-state index in [2.05, 4.69) is 10.4 Å². The number of methoxy groups -OCH3 is 1. The van der Waals surface area contributed by atoms with Crippen molar-refractivity contribution < 1.29 is 23.7 Å². The molecule has 0 bridgehead atoms. The van der Waals surface area contributed by atoms with Crippen LogP contribution in [0.5, 0.6) is 0 Å². The van der Waals surface area contributed by atoms with E-state index < -0.39 is 11.0 Å². The predicted octanol–water partition coefficient (Wildman–Crippen LogP) is 2.93. The summed E-state index contributed by atoms with van der Waals surface area (Å²) in [5, 5.41) is 19.6. The molecular weight excluding hydrogens is 430 g/mol. The lowest BCUT2D eigenvalue weighted by molar-refractivity contribution is -0.384. The van der Waals surface area contributed by atoms with Crippen molar-refractivity contribution >= 4 is 23.3 Å². The number of amides is 3. The highest BCUT2D eigenvalue weighted by Crippen LogP contribution is 2.33. The number of furan rings is 1. The van der Waals surface area contributed by atoms with E-state index in [1.165, 1.54) is 35.4 Å². The molecule has 11 heteroatoms. The van der Waals surface area contributed by atoms with Crippen LogP contribution in [0, 0.1) is 10.1 Å². The van der Waals surface area contributed by atoms with Crippen LogP contribution in [0.25, 0.3) is 0 Å².